The second-order valence-corrected chi connectivity index (χ2v) is 4.12. The molecule has 3 heteroatoms. The van der Waals surface area contributed by atoms with Crippen LogP contribution in [-0.4, -0.2) is 0 Å². The van der Waals surface area contributed by atoms with Crippen LogP contribution >= 0.6 is 11.6 Å². The van der Waals surface area contributed by atoms with Gasteiger partial charge in [0.15, 0.2) is 0 Å². The third kappa shape index (κ3) is 2.25. The van der Waals surface area contributed by atoms with Gasteiger partial charge < -0.3 is 5.73 Å². The van der Waals surface area contributed by atoms with Crippen LogP contribution in [0.25, 0.3) is 0 Å². The molecule has 0 saturated heterocycles. The number of nitrogens with two attached hydrogens (primary N) is 1. The Morgan fingerprint density at radius 3 is 2.18 bits per heavy atom. The fourth-order valence-corrected chi connectivity index (χ4v) is 2.03. The molecule has 0 heterocycles. The van der Waals surface area contributed by atoms with Gasteiger partial charge in [-0.1, -0.05) is 48.0 Å². The van der Waals surface area contributed by atoms with E-state index >= 15 is 0 Å². The third-order valence-electron chi connectivity index (χ3n) is 2.65. The van der Waals surface area contributed by atoms with Crippen LogP contribution in [0, 0.1) is 11.3 Å². The minimum absolute atomic E-state index is 0.426. The highest BCUT2D eigenvalue weighted by molar-refractivity contribution is 6.31. The van der Waals surface area contributed by atoms with Crippen LogP contribution in [0.3, 0.4) is 0 Å². The van der Waals surface area contributed by atoms with Gasteiger partial charge in [0.05, 0.1) is 12.0 Å². The van der Waals surface area contributed by atoms with E-state index in [1.54, 1.807) is 12.1 Å². The first-order chi connectivity index (χ1) is 8.24. The molecule has 2 nitrogen and oxygen atoms in total. The number of hydrogen-bond donors (Lipinski definition) is 1. The lowest BCUT2D eigenvalue weighted by atomic mass is 9.91. The van der Waals surface area contributed by atoms with Crippen molar-refractivity contribution in [1.29, 1.82) is 5.26 Å². The Morgan fingerprint density at radius 1 is 1.00 bits per heavy atom. The lowest BCUT2D eigenvalue weighted by molar-refractivity contribution is 1.04. The van der Waals surface area contributed by atoms with E-state index in [9.17, 15) is 5.26 Å². The van der Waals surface area contributed by atoms with Gasteiger partial charge in [0, 0.05) is 10.7 Å². The average Bonchev–Trinajstić information content (AvgIpc) is 2.34. The van der Waals surface area contributed by atoms with Crippen molar-refractivity contribution in [3.05, 3.63) is 64.7 Å². The molecule has 2 aromatic rings. The molecule has 0 aliphatic heterocycles. The molecule has 1 atom stereocenters. The van der Waals surface area contributed by atoms with Gasteiger partial charge in [-0.05, 0) is 23.3 Å². The van der Waals surface area contributed by atoms with Gasteiger partial charge in [0.2, 0.25) is 0 Å². The van der Waals surface area contributed by atoms with Gasteiger partial charge in [-0.3, -0.25) is 0 Å². The molecule has 2 aromatic carbocycles. The standard InChI is InChI=1S/C14H11ClN2/c15-13-7-3-1-5-10(13)12(9-16)11-6-2-4-8-14(11)17/h1-8,12H,17H2. The molecule has 2 N–H and O–H groups in total. The van der Waals surface area contributed by atoms with Crippen LogP contribution < -0.4 is 5.73 Å². The lowest BCUT2D eigenvalue weighted by Crippen LogP contribution is -2.03. The van der Waals surface area contributed by atoms with E-state index in [1.807, 2.05) is 36.4 Å². The topological polar surface area (TPSA) is 49.8 Å². The molecule has 84 valence electrons. The zero-order valence-corrected chi connectivity index (χ0v) is 9.85. The Labute approximate surface area is 105 Å². The molecular formula is C14H11ClN2. The number of para-hydroxylation sites is 1. The number of nitrogens with zero attached hydrogens (tertiary/aromatic N) is 1. The number of anilines is 1. The summed E-state index contributed by atoms with van der Waals surface area (Å²) < 4.78 is 0. The minimum atomic E-state index is -0.426. The number of nitriles is 1. The monoisotopic (exact) mass is 242 g/mol. The summed E-state index contributed by atoms with van der Waals surface area (Å²) in [5.41, 5.74) is 8.08. The van der Waals surface area contributed by atoms with Crippen molar-refractivity contribution in [3.8, 4) is 6.07 Å². The van der Waals surface area contributed by atoms with Gasteiger partial charge in [-0.2, -0.15) is 5.26 Å². The summed E-state index contributed by atoms with van der Waals surface area (Å²) >= 11 is 6.11. The highest BCUT2D eigenvalue weighted by Gasteiger charge is 2.17. The SMILES string of the molecule is N#CC(c1ccccc1N)c1ccccc1Cl. The highest BCUT2D eigenvalue weighted by Crippen LogP contribution is 2.32. The molecule has 0 fully saturated rings. The molecule has 0 bridgehead atoms. The summed E-state index contributed by atoms with van der Waals surface area (Å²) in [6.45, 7) is 0. The van der Waals surface area contributed by atoms with Crippen molar-refractivity contribution >= 4 is 17.3 Å². The molecule has 0 amide bonds. The quantitative estimate of drug-likeness (QED) is 0.819. The smallest absolute Gasteiger partial charge is 0.0996 e. The van der Waals surface area contributed by atoms with Gasteiger partial charge in [-0.15, -0.1) is 0 Å². The van der Waals surface area contributed by atoms with Crippen LogP contribution in [0.2, 0.25) is 5.02 Å². The van der Waals surface area contributed by atoms with Gasteiger partial charge in [0.1, 0.15) is 0 Å². The van der Waals surface area contributed by atoms with E-state index in [0.29, 0.717) is 10.7 Å². The van der Waals surface area contributed by atoms with E-state index in [2.05, 4.69) is 6.07 Å². The second kappa shape index (κ2) is 4.90. The zero-order chi connectivity index (χ0) is 12.3. The first-order valence-electron chi connectivity index (χ1n) is 5.22. The van der Waals surface area contributed by atoms with E-state index in [-0.39, 0.29) is 0 Å². The highest BCUT2D eigenvalue weighted by atomic mass is 35.5. The van der Waals surface area contributed by atoms with E-state index in [4.69, 9.17) is 17.3 Å². The maximum Gasteiger partial charge on any atom is 0.0996 e. The van der Waals surface area contributed by atoms with E-state index in [1.165, 1.54) is 0 Å². The van der Waals surface area contributed by atoms with Crippen LogP contribution in [0.1, 0.15) is 17.0 Å². The van der Waals surface area contributed by atoms with Gasteiger partial charge in [0.25, 0.3) is 0 Å². The normalized spacial score (nSPS) is 11.8. The van der Waals surface area contributed by atoms with Crippen molar-refractivity contribution in [2.75, 3.05) is 5.73 Å². The number of halogens is 1. The van der Waals surface area contributed by atoms with Crippen molar-refractivity contribution < 1.29 is 0 Å². The summed E-state index contributed by atoms with van der Waals surface area (Å²) in [5, 5.41) is 9.90. The Morgan fingerprint density at radius 2 is 1.59 bits per heavy atom. The summed E-state index contributed by atoms with van der Waals surface area (Å²) in [6, 6.07) is 16.9. The minimum Gasteiger partial charge on any atom is -0.398 e. The number of hydrogen-bond acceptors (Lipinski definition) is 2. The molecule has 0 aromatic heterocycles. The number of benzene rings is 2. The first kappa shape index (κ1) is 11.5. The predicted octanol–water partition coefficient (Wildman–Crippen LogP) is 3.58. The molecule has 0 radical (unpaired) electrons. The fourth-order valence-electron chi connectivity index (χ4n) is 1.79. The maximum atomic E-state index is 9.32. The second-order valence-electron chi connectivity index (χ2n) is 3.71. The van der Waals surface area contributed by atoms with Crippen molar-refractivity contribution in [2.24, 2.45) is 0 Å². The summed E-state index contributed by atoms with van der Waals surface area (Å²) in [5.74, 6) is -0.426. The molecule has 0 aliphatic rings. The van der Waals surface area contributed by atoms with Crippen molar-refractivity contribution in [1.82, 2.24) is 0 Å². The molecule has 1 unspecified atom stereocenters. The lowest BCUT2D eigenvalue weighted by Gasteiger charge is -2.13. The van der Waals surface area contributed by atoms with E-state index in [0.717, 1.165) is 11.1 Å². The van der Waals surface area contributed by atoms with Crippen LogP contribution in [0.4, 0.5) is 5.69 Å². The molecule has 17 heavy (non-hydrogen) atoms. The Hall–Kier alpha value is -1.98. The molecule has 2 rings (SSSR count). The maximum absolute atomic E-state index is 9.32. The third-order valence-corrected chi connectivity index (χ3v) is 3.00. The van der Waals surface area contributed by atoms with Crippen molar-refractivity contribution in [3.63, 3.8) is 0 Å². The molecular weight excluding hydrogens is 232 g/mol. The van der Waals surface area contributed by atoms with Crippen LogP contribution in [0.15, 0.2) is 48.5 Å². The largest absolute Gasteiger partial charge is 0.398 e. The molecule has 0 aliphatic carbocycles. The summed E-state index contributed by atoms with van der Waals surface area (Å²) in [6.07, 6.45) is 0. The molecule has 0 saturated carbocycles. The van der Waals surface area contributed by atoms with Gasteiger partial charge >= 0.3 is 0 Å². The molecule has 0 spiro atoms. The number of rotatable bonds is 2. The number of nitrogen functional groups attached to an aromatic ring is 1. The Bertz CT molecular complexity index is 527. The van der Waals surface area contributed by atoms with Crippen molar-refractivity contribution in [2.45, 2.75) is 5.92 Å². The zero-order valence-electron chi connectivity index (χ0n) is 9.10. The predicted molar refractivity (Wildman–Crippen MR) is 69.8 cm³/mol. The Balaban J connectivity index is 2.53. The average molecular weight is 243 g/mol. The fraction of sp³-hybridized carbons (Fsp3) is 0.0714. The van der Waals surface area contributed by atoms with Crippen LogP contribution in [-0.2, 0) is 0 Å². The summed E-state index contributed by atoms with van der Waals surface area (Å²) in [4.78, 5) is 0. The van der Waals surface area contributed by atoms with Crippen LogP contribution in [0.5, 0.6) is 0 Å². The Kier molecular flexibility index (Phi) is 3.32. The van der Waals surface area contributed by atoms with Gasteiger partial charge in [-0.25, -0.2) is 0 Å². The summed E-state index contributed by atoms with van der Waals surface area (Å²) in [7, 11) is 0. The van der Waals surface area contributed by atoms with E-state index < -0.39 is 5.92 Å². The first-order valence-corrected chi connectivity index (χ1v) is 5.60.